The van der Waals surface area contributed by atoms with E-state index in [4.69, 9.17) is 0 Å². The minimum absolute atomic E-state index is 0.111. The average molecular weight is 315 g/mol. The Morgan fingerprint density at radius 3 is 2.59 bits per heavy atom. The van der Waals surface area contributed by atoms with Crippen LogP contribution in [0.1, 0.15) is 12.5 Å². The smallest absolute Gasteiger partial charge is 0.370 e. The van der Waals surface area contributed by atoms with E-state index in [1.807, 2.05) is 31.2 Å². The molecule has 0 bridgehead atoms. The van der Waals surface area contributed by atoms with Crippen LogP contribution in [-0.4, -0.2) is 45.6 Å². The number of halogens is 3. The zero-order valence-electron chi connectivity index (χ0n) is 12.1. The number of nitrogens with zero attached hydrogens (tertiary/aromatic N) is 4. The Morgan fingerprint density at radius 2 is 1.95 bits per heavy atom. The lowest BCUT2D eigenvalue weighted by atomic mass is 10.2. The van der Waals surface area contributed by atoms with Crippen LogP contribution in [0, 0.1) is 6.92 Å². The number of ether oxygens (including phenoxy) is 1. The third-order valence-electron chi connectivity index (χ3n) is 2.76. The van der Waals surface area contributed by atoms with Gasteiger partial charge < -0.3 is 10.1 Å². The Balaban J connectivity index is 1.96. The molecule has 1 unspecified atom stereocenters. The fourth-order valence-corrected chi connectivity index (χ4v) is 1.75. The lowest BCUT2D eigenvalue weighted by molar-refractivity contribution is -0.174. The van der Waals surface area contributed by atoms with Crippen LogP contribution in [-0.2, 0) is 4.74 Å². The second-order valence-electron chi connectivity index (χ2n) is 4.93. The van der Waals surface area contributed by atoms with Crippen molar-refractivity contribution in [3.8, 4) is 5.69 Å². The minimum Gasteiger partial charge on any atom is -0.370 e. The lowest BCUT2D eigenvalue weighted by Crippen LogP contribution is -2.27. The maximum atomic E-state index is 12.0. The molecule has 0 saturated carbocycles. The highest BCUT2D eigenvalue weighted by Crippen LogP contribution is 2.15. The Morgan fingerprint density at radius 1 is 1.27 bits per heavy atom. The molecule has 0 aliphatic carbocycles. The van der Waals surface area contributed by atoms with Crippen LogP contribution in [0.4, 0.5) is 19.1 Å². The molecule has 9 heteroatoms. The van der Waals surface area contributed by atoms with E-state index in [0.717, 1.165) is 11.3 Å². The zero-order chi connectivity index (χ0) is 16.2. The van der Waals surface area contributed by atoms with Gasteiger partial charge in [0.15, 0.2) is 0 Å². The van der Waals surface area contributed by atoms with Crippen molar-refractivity contribution in [1.29, 1.82) is 0 Å². The summed E-state index contributed by atoms with van der Waals surface area (Å²) in [4.78, 5) is 0. The molecule has 1 N–H and O–H groups in total. The maximum absolute atomic E-state index is 12.0. The molecule has 0 amide bonds. The first-order valence-electron chi connectivity index (χ1n) is 6.61. The van der Waals surface area contributed by atoms with Crippen molar-refractivity contribution in [3.05, 3.63) is 29.8 Å². The number of hydrogen-bond donors (Lipinski definition) is 1. The number of rotatable bonds is 6. The number of hydrogen-bond acceptors (Lipinski definition) is 5. The normalized spacial score (nSPS) is 13.1. The standard InChI is InChI=1S/C13H16F3N5O/c1-9-3-5-11(6-4-9)21-12(18-19-20-21)17-10(2)7-22-8-13(14,15)16/h3-6,10H,7-8H2,1-2H3,(H,17,18,20). The minimum atomic E-state index is -4.33. The third-order valence-corrected chi connectivity index (χ3v) is 2.76. The van der Waals surface area contributed by atoms with Gasteiger partial charge in [0.25, 0.3) is 0 Å². The number of benzene rings is 1. The van der Waals surface area contributed by atoms with Gasteiger partial charge in [0.1, 0.15) is 6.61 Å². The fraction of sp³-hybridized carbons (Fsp3) is 0.462. The molecular weight excluding hydrogens is 299 g/mol. The topological polar surface area (TPSA) is 64.9 Å². The fourth-order valence-electron chi connectivity index (χ4n) is 1.75. The molecule has 0 spiro atoms. The molecule has 0 radical (unpaired) electrons. The molecular formula is C13H16F3N5O. The Bertz CT molecular complexity index is 596. The van der Waals surface area contributed by atoms with Crippen LogP contribution < -0.4 is 5.32 Å². The first-order valence-corrected chi connectivity index (χ1v) is 6.61. The highest BCUT2D eigenvalue weighted by Gasteiger charge is 2.27. The van der Waals surface area contributed by atoms with E-state index in [1.54, 1.807) is 6.92 Å². The van der Waals surface area contributed by atoms with Gasteiger partial charge in [-0.1, -0.05) is 22.8 Å². The summed E-state index contributed by atoms with van der Waals surface area (Å²) in [5.74, 6) is 0.340. The monoisotopic (exact) mass is 315 g/mol. The number of aromatic nitrogens is 4. The summed E-state index contributed by atoms with van der Waals surface area (Å²) >= 11 is 0. The molecule has 1 aromatic heterocycles. The molecule has 2 aromatic rings. The number of alkyl halides is 3. The first kappa shape index (κ1) is 16.2. The van der Waals surface area contributed by atoms with E-state index in [2.05, 4.69) is 25.6 Å². The predicted octanol–water partition coefficient (Wildman–Crippen LogP) is 2.35. The molecule has 0 fully saturated rings. The van der Waals surface area contributed by atoms with Gasteiger partial charge in [0.05, 0.1) is 12.3 Å². The van der Waals surface area contributed by atoms with E-state index in [9.17, 15) is 13.2 Å². The van der Waals surface area contributed by atoms with E-state index in [1.165, 1.54) is 4.68 Å². The Kier molecular flexibility index (Phi) is 4.96. The van der Waals surface area contributed by atoms with Crippen LogP contribution in [0.3, 0.4) is 0 Å². The summed E-state index contributed by atoms with van der Waals surface area (Å²) < 4.78 is 42.1. The maximum Gasteiger partial charge on any atom is 0.411 e. The second-order valence-corrected chi connectivity index (χ2v) is 4.93. The molecule has 0 aliphatic rings. The van der Waals surface area contributed by atoms with E-state index in [-0.39, 0.29) is 12.6 Å². The van der Waals surface area contributed by atoms with E-state index < -0.39 is 12.8 Å². The van der Waals surface area contributed by atoms with Crippen molar-refractivity contribution in [2.24, 2.45) is 0 Å². The van der Waals surface area contributed by atoms with Gasteiger partial charge in [-0.25, -0.2) is 0 Å². The van der Waals surface area contributed by atoms with Crippen molar-refractivity contribution < 1.29 is 17.9 Å². The van der Waals surface area contributed by atoms with Gasteiger partial charge in [-0.3, -0.25) is 0 Å². The molecule has 2 rings (SSSR count). The SMILES string of the molecule is Cc1ccc(-n2nnnc2NC(C)COCC(F)(F)F)cc1. The quantitative estimate of drug-likeness (QED) is 0.886. The van der Waals surface area contributed by atoms with Crippen molar-refractivity contribution in [2.75, 3.05) is 18.5 Å². The summed E-state index contributed by atoms with van der Waals surface area (Å²) in [7, 11) is 0. The highest BCUT2D eigenvalue weighted by atomic mass is 19.4. The highest BCUT2D eigenvalue weighted by molar-refractivity contribution is 5.40. The third kappa shape index (κ3) is 4.69. The summed E-state index contributed by atoms with van der Waals surface area (Å²) in [6.45, 7) is 2.26. The van der Waals surface area contributed by atoms with Gasteiger partial charge >= 0.3 is 6.18 Å². The average Bonchev–Trinajstić information content (AvgIpc) is 2.86. The molecule has 0 saturated heterocycles. The summed E-state index contributed by atoms with van der Waals surface area (Å²) in [6.07, 6.45) is -4.33. The van der Waals surface area contributed by atoms with Gasteiger partial charge in [0.2, 0.25) is 5.95 Å². The Labute approximate surface area is 125 Å². The van der Waals surface area contributed by atoms with Crippen molar-refractivity contribution in [3.63, 3.8) is 0 Å². The summed E-state index contributed by atoms with van der Waals surface area (Å²) in [5.41, 5.74) is 1.85. The van der Waals surface area contributed by atoms with Crippen LogP contribution >= 0.6 is 0 Å². The molecule has 1 atom stereocenters. The zero-order valence-corrected chi connectivity index (χ0v) is 12.1. The van der Waals surface area contributed by atoms with E-state index in [0.29, 0.717) is 5.95 Å². The molecule has 1 aromatic carbocycles. The van der Waals surface area contributed by atoms with Gasteiger partial charge in [-0.05, 0) is 36.4 Å². The number of nitrogens with one attached hydrogen (secondary N) is 1. The molecule has 0 aliphatic heterocycles. The molecule has 22 heavy (non-hydrogen) atoms. The molecule has 6 nitrogen and oxygen atoms in total. The number of anilines is 1. The predicted molar refractivity (Wildman–Crippen MR) is 73.8 cm³/mol. The van der Waals surface area contributed by atoms with Crippen LogP contribution in [0.25, 0.3) is 5.69 Å². The number of aryl methyl sites for hydroxylation is 1. The van der Waals surface area contributed by atoms with Crippen LogP contribution in [0.2, 0.25) is 0 Å². The van der Waals surface area contributed by atoms with Crippen molar-refractivity contribution in [1.82, 2.24) is 20.2 Å². The Hall–Kier alpha value is -2.16. The molecule has 1 heterocycles. The lowest BCUT2D eigenvalue weighted by Gasteiger charge is -2.15. The van der Waals surface area contributed by atoms with Crippen LogP contribution in [0.5, 0.6) is 0 Å². The largest absolute Gasteiger partial charge is 0.411 e. The summed E-state index contributed by atoms with van der Waals surface area (Å²) in [5, 5.41) is 14.2. The second kappa shape index (κ2) is 6.73. The van der Waals surface area contributed by atoms with Gasteiger partial charge in [0, 0.05) is 6.04 Å². The molecule has 120 valence electrons. The first-order chi connectivity index (χ1) is 10.3. The number of tetrazole rings is 1. The summed E-state index contributed by atoms with van der Waals surface area (Å²) in [6, 6.07) is 7.15. The van der Waals surface area contributed by atoms with Crippen molar-refractivity contribution in [2.45, 2.75) is 26.1 Å². The van der Waals surface area contributed by atoms with Gasteiger partial charge in [-0.15, -0.1) is 0 Å². The van der Waals surface area contributed by atoms with E-state index >= 15 is 0 Å². The van der Waals surface area contributed by atoms with Crippen LogP contribution in [0.15, 0.2) is 24.3 Å². The van der Waals surface area contributed by atoms with Crippen molar-refractivity contribution >= 4 is 5.95 Å². The van der Waals surface area contributed by atoms with Gasteiger partial charge in [-0.2, -0.15) is 17.9 Å².